The highest BCUT2D eigenvalue weighted by molar-refractivity contribution is 5.94. The minimum Gasteiger partial charge on any atom is -0.354 e. The number of hydrogen-bond donors (Lipinski definition) is 3. The van der Waals surface area contributed by atoms with Crippen molar-refractivity contribution >= 4 is 29.9 Å². The van der Waals surface area contributed by atoms with Crippen molar-refractivity contribution in [2.75, 3.05) is 31.5 Å². The van der Waals surface area contributed by atoms with Crippen molar-refractivity contribution in [1.82, 2.24) is 15.5 Å². The zero-order valence-corrected chi connectivity index (χ0v) is 17.4. The van der Waals surface area contributed by atoms with Gasteiger partial charge in [-0.1, -0.05) is 0 Å². The fourth-order valence-electron chi connectivity index (χ4n) is 3.88. The van der Waals surface area contributed by atoms with Crippen molar-refractivity contribution in [3.05, 3.63) is 29.8 Å². The van der Waals surface area contributed by atoms with E-state index < -0.39 is 17.7 Å². The maximum Gasteiger partial charge on any atom is 0.241 e. The van der Waals surface area contributed by atoms with Crippen LogP contribution < -0.4 is 16.0 Å². The Morgan fingerprint density at radius 1 is 1.24 bits per heavy atom. The highest BCUT2D eigenvalue weighted by atomic mass is 35.5. The van der Waals surface area contributed by atoms with Crippen LogP contribution in [0.5, 0.6) is 0 Å². The fraction of sp³-hybridized carbons (Fsp3) is 0.600. The zero-order valence-electron chi connectivity index (χ0n) is 16.5. The monoisotopic (exact) mass is 430 g/mol. The molecule has 0 saturated carbocycles. The summed E-state index contributed by atoms with van der Waals surface area (Å²) >= 11 is 0. The average molecular weight is 431 g/mol. The summed E-state index contributed by atoms with van der Waals surface area (Å²) in [5.41, 5.74) is 0.237. The van der Waals surface area contributed by atoms with Gasteiger partial charge in [0.25, 0.3) is 0 Å². The number of amides is 2. The van der Waals surface area contributed by atoms with Crippen LogP contribution in [0, 0.1) is 17.6 Å². The van der Waals surface area contributed by atoms with Crippen molar-refractivity contribution < 1.29 is 18.4 Å². The number of halogens is 3. The van der Waals surface area contributed by atoms with Crippen LogP contribution in [0.4, 0.5) is 14.5 Å². The van der Waals surface area contributed by atoms with Gasteiger partial charge in [0.1, 0.15) is 0 Å². The highest BCUT2D eigenvalue weighted by Gasteiger charge is 2.29. The Morgan fingerprint density at radius 2 is 2.03 bits per heavy atom. The molecule has 3 unspecified atom stereocenters. The molecule has 0 spiro atoms. The summed E-state index contributed by atoms with van der Waals surface area (Å²) in [6.45, 7) is 4.80. The summed E-state index contributed by atoms with van der Waals surface area (Å²) in [4.78, 5) is 26.7. The van der Waals surface area contributed by atoms with E-state index in [9.17, 15) is 18.4 Å². The van der Waals surface area contributed by atoms with Crippen molar-refractivity contribution in [3.8, 4) is 0 Å². The minimum absolute atomic E-state index is 0. The van der Waals surface area contributed by atoms with E-state index in [1.54, 1.807) is 6.92 Å². The summed E-state index contributed by atoms with van der Waals surface area (Å²) in [7, 11) is 0. The van der Waals surface area contributed by atoms with E-state index in [0.29, 0.717) is 13.1 Å². The molecule has 3 rings (SSSR count). The van der Waals surface area contributed by atoms with Crippen LogP contribution in [-0.2, 0) is 9.59 Å². The van der Waals surface area contributed by atoms with E-state index in [2.05, 4.69) is 20.9 Å². The lowest BCUT2D eigenvalue weighted by molar-refractivity contribution is -0.124. The van der Waals surface area contributed by atoms with Crippen LogP contribution in [0.25, 0.3) is 0 Å². The fourth-order valence-corrected chi connectivity index (χ4v) is 3.88. The zero-order chi connectivity index (χ0) is 20.1. The van der Waals surface area contributed by atoms with E-state index in [0.717, 1.165) is 50.9 Å². The molecule has 2 aliphatic rings. The standard InChI is InChI=1S/C20H28F2N4O2.ClH/c1-13(19(27)25-15-6-7-16(21)17(22)10-15)26-9-3-4-14(12-26)11-24-20(28)18-5-2-8-23-18;/h6-7,10,13-14,18,23H,2-5,8-9,11-12H2,1H3,(H,24,28)(H,25,27);1H. The number of nitrogens with one attached hydrogen (secondary N) is 3. The quantitative estimate of drug-likeness (QED) is 0.647. The minimum atomic E-state index is -0.990. The maximum atomic E-state index is 13.3. The molecule has 0 radical (unpaired) electrons. The molecule has 162 valence electrons. The second kappa shape index (κ2) is 10.8. The van der Waals surface area contributed by atoms with Crippen molar-refractivity contribution in [2.24, 2.45) is 5.92 Å². The van der Waals surface area contributed by atoms with Gasteiger partial charge in [0.15, 0.2) is 11.6 Å². The van der Waals surface area contributed by atoms with Crippen LogP contribution in [0.3, 0.4) is 0 Å². The van der Waals surface area contributed by atoms with E-state index in [-0.39, 0.29) is 41.9 Å². The lowest BCUT2D eigenvalue weighted by Crippen LogP contribution is -2.50. The molecule has 3 atom stereocenters. The lowest BCUT2D eigenvalue weighted by Gasteiger charge is -2.36. The second-order valence-corrected chi connectivity index (χ2v) is 7.69. The second-order valence-electron chi connectivity index (χ2n) is 7.69. The van der Waals surface area contributed by atoms with Gasteiger partial charge >= 0.3 is 0 Å². The Balaban J connectivity index is 0.00000300. The first-order chi connectivity index (χ1) is 13.4. The highest BCUT2D eigenvalue weighted by Crippen LogP contribution is 2.20. The van der Waals surface area contributed by atoms with Gasteiger partial charge in [0, 0.05) is 24.8 Å². The first-order valence-electron chi connectivity index (χ1n) is 9.95. The summed E-state index contributed by atoms with van der Waals surface area (Å²) in [6, 6.07) is 2.83. The Hall–Kier alpha value is -1.77. The third-order valence-electron chi connectivity index (χ3n) is 5.61. The molecule has 2 aliphatic heterocycles. The molecule has 1 aromatic carbocycles. The molecular weight excluding hydrogens is 402 g/mol. The lowest BCUT2D eigenvalue weighted by atomic mass is 9.96. The molecule has 0 aromatic heterocycles. The van der Waals surface area contributed by atoms with Gasteiger partial charge in [-0.2, -0.15) is 0 Å². The van der Waals surface area contributed by atoms with Gasteiger partial charge in [-0.3, -0.25) is 14.5 Å². The molecule has 2 fully saturated rings. The predicted molar refractivity (Wildman–Crippen MR) is 110 cm³/mol. The first-order valence-corrected chi connectivity index (χ1v) is 9.95. The number of benzene rings is 1. The summed E-state index contributed by atoms with van der Waals surface area (Å²) in [5.74, 6) is -1.85. The molecule has 2 heterocycles. The Morgan fingerprint density at radius 3 is 2.72 bits per heavy atom. The predicted octanol–water partition coefficient (Wildman–Crippen LogP) is 2.29. The van der Waals surface area contributed by atoms with Gasteiger partial charge in [0.05, 0.1) is 12.1 Å². The van der Waals surface area contributed by atoms with Crippen LogP contribution in [0.2, 0.25) is 0 Å². The maximum absolute atomic E-state index is 13.3. The van der Waals surface area contributed by atoms with Gasteiger partial charge in [-0.15, -0.1) is 12.4 Å². The smallest absolute Gasteiger partial charge is 0.241 e. The third kappa shape index (κ3) is 6.35. The molecular formula is C20H29ClF2N4O2. The average Bonchev–Trinajstić information content (AvgIpc) is 3.23. The topological polar surface area (TPSA) is 73.5 Å². The van der Waals surface area contributed by atoms with E-state index >= 15 is 0 Å². The number of carbonyl (C=O) groups excluding carboxylic acids is 2. The number of rotatable bonds is 6. The molecule has 0 bridgehead atoms. The Labute approximate surface area is 176 Å². The van der Waals surface area contributed by atoms with Gasteiger partial charge < -0.3 is 16.0 Å². The number of hydrogen-bond acceptors (Lipinski definition) is 4. The van der Waals surface area contributed by atoms with Crippen molar-refractivity contribution in [2.45, 2.75) is 44.7 Å². The molecule has 2 saturated heterocycles. The van der Waals surface area contributed by atoms with Crippen LogP contribution >= 0.6 is 12.4 Å². The van der Waals surface area contributed by atoms with Crippen LogP contribution in [-0.4, -0.2) is 55.0 Å². The van der Waals surface area contributed by atoms with Gasteiger partial charge in [0.2, 0.25) is 11.8 Å². The summed E-state index contributed by atoms with van der Waals surface area (Å²) in [5, 5.41) is 8.86. The number of nitrogens with zero attached hydrogens (tertiary/aromatic N) is 1. The van der Waals surface area contributed by atoms with Crippen LogP contribution in [0.15, 0.2) is 18.2 Å². The Bertz CT molecular complexity index is 716. The molecule has 6 nitrogen and oxygen atoms in total. The molecule has 2 amide bonds. The third-order valence-corrected chi connectivity index (χ3v) is 5.61. The summed E-state index contributed by atoms with van der Waals surface area (Å²) in [6.07, 6.45) is 3.86. The van der Waals surface area contributed by atoms with Gasteiger partial charge in [-0.05, 0) is 63.7 Å². The largest absolute Gasteiger partial charge is 0.354 e. The van der Waals surface area contributed by atoms with Crippen molar-refractivity contribution in [3.63, 3.8) is 0 Å². The first kappa shape index (κ1) is 23.5. The number of carbonyl (C=O) groups is 2. The molecule has 1 aromatic rings. The SMILES string of the molecule is CC(C(=O)Nc1ccc(F)c(F)c1)N1CCCC(CNC(=O)C2CCCN2)C1.Cl. The summed E-state index contributed by atoms with van der Waals surface area (Å²) < 4.78 is 26.3. The van der Waals surface area contributed by atoms with E-state index in [1.807, 2.05) is 0 Å². The Kier molecular flexibility index (Phi) is 8.79. The molecule has 3 N–H and O–H groups in total. The van der Waals surface area contributed by atoms with Gasteiger partial charge in [-0.25, -0.2) is 8.78 Å². The molecule has 29 heavy (non-hydrogen) atoms. The van der Waals surface area contributed by atoms with Crippen LogP contribution in [0.1, 0.15) is 32.6 Å². The number of anilines is 1. The normalized spacial score (nSPS) is 23.1. The molecule has 0 aliphatic carbocycles. The molecule has 9 heteroatoms. The van der Waals surface area contributed by atoms with E-state index in [4.69, 9.17) is 0 Å². The number of piperidine rings is 1. The van der Waals surface area contributed by atoms with Crippen molar-refractivity contribution in [1.29, 1.82) is 0 Å². The number of likely N-dealkylation sites (tertiary alicyclic amines) is 1. The van der Waals surface area contributed by atoms with E-state index in [1.165, 1.54) is 6.07 Å².